The molecule has 1 aromatic carbocycles. The van der Waals surface area contributed by atoms with E-state index in [-0.39, 0.29) is 11.5 Å². The van der Waals surface area contributed by atoms with Crippen LogP contribution < -0.4 is 5.32 Å². The van der Waals surface area contributed by atoms with Crippen molar-refractivity contribution < 1.29 is 4.92 Å². The van der Waals surface area contributed by atoms with Crippen LogP contribution in [0.3, 0.4) is 0 Å². The Morgan fingerprint density at radius 1 is 1.15 bits per heavy atom. The molecule has 0 bridgehead atoms. The first-order chi connectivity index (χ1) is 9.72. The zero-order valence-electron chi connectivity index (χ0n) is 12.3. The average Bonchev–Trinajstić information content (AvgIpc) is 2.49. The predicted octanol–water partition coefficient (Wildman–Crippen LogP) is 3.51. The number of hydrogen-bond donors (Lipinski definition) is 1. The zero-order valence-corrected chi connectivity index (χ0v) is 12.3. The van der Waals surface area contributed by atoms with Crippen molar-refractivity contribution in [2.75, 3.05) is 13.1 Å². The Balaban J connectivity index is 0.000000276. The van der Waals surface area contributed by atoms with Crippen LogP contribution in [0.1, 0.15) is 39.0 Å². The molecule has 1 aliphatic rings. The Kier molecular flexibility index (Phi) is 8.63. The molecule has 112 valence electrons. The Bertz CT molecular complexity index is 330. The molecule has 1 fully saturated rings. The summed E-state index contributed by atoms with van der Waals surface area (Å²) >= 11 is 0. The van der Waals surface area contributed by atoms with Crippen LogP contribution in [0.4, 0.5) is 0 Å². The molecule has 0 heterocycles. The minimum Gasteiger partial charge on any atom is -0.308 e. The van der Waals surface area contributed by atoms with Gasteiger partial charge in [0.25, 0.3) is 0 Å². The molecule has 1 saturated carbocycles. The first-order valence-corrected chi connectivity index (χ1v) is 7.57. The molecule has 0 radical (unpaired) electrons. The fraction of sp³-hybridized carbons (Fsp3) is 0.625. The van der Waals surface area contributed by atoms with Gasteiger partial charge in [0.2, 0.25) is 6.54 Å². The molecule has 0 amide bonds. The molecule has 4 heteroatoms. The van der Waals surface area contributed by atoms with Gasteiger partial charge in [-0.05, 0) is 18.8 Å². The SMILES string of the molecule is CCC1CCCC(NCC[N+](=O)[O-])C1.c1ccccc1. The standard InChI is InChI=1S/C10H20N2O2.C6H6/c1-2-9-4-3-5-10(8-9)11-6-7-12(13)14;1-2-4-6-5-3-1/h9-11H,2-8H2,1H3;1-6H. The van der Waals surface area contributed by atoms with E-state index >= 15 is 0 Å². The Morgan fingerprint density at radius 3 is 2.25 bits per heavy atom. The lowest BCUT2D eigenvalue weighted by Gasteiger charge is -2.28. The molecule has 2 atom stereocenters. The Morgan fingerprint density at radius 2 is 1.75 bits per heavy atom. The molecule has 0 aromatic heterocycles. The summed E-state index contributed by atoms with van der Waals surface area (Å²) in [4.78, 5) is 9.87. The van der Waals surface area contributed by atoms with Crippen molar-refractivity contribution in [1.82, 2.24) is 5.32 Å². The molecule has 0 spiro atoms. The fourth-order valence-corrected chi connectivity index (χ4v) is 2.59. The second-order valence-electron chi connectivity index (χ2n) is 5.30. The largest absolute Gasteiger partial charge is 0.308 e. The summed E-state index contributed by atoms with van der Waals surface area (Å²) in [6.07, 6.45) is 6.24. The predicted molar refractivity (Wildman–Crippen MR) is 82.3 cm³/mol. The summed E-state index contributed by atoms with van der Waals surface area (Å²) in [5.74, 6) is 0.830. The Hall–Kier alpha value is -1.42. The molecule has 2 rings (SSSR count). The Labute approximate surface area is 121 Å². The van der Waals surface area contributed by atoms with E-state index in [0.717, 1.165) is 5.92 Å². The molecule has 0 saturated heterocycles. The summed E-state index contributed by atoms with van der Waals surface area (Å²) in [5.41, 5.74) is 0. The third-order valence-electron chi connectivity index (χ3n) is 3.75. The van der Waals surface area contributed by atoms with Gasteiger partial charge >= 0.3 is 0 Å². The van der Waals surface area contributed by atoms with E-state index in [1.807, 2.05) is 36.4 Å². The summed E-state index contributed by atoms with van der Waals surface area (Å²) in [7, 11) is 0. The maximum Gasteiger partial charge on any atom is 0.216 e. The van der Waals surface area contributed by atoms with Crippen LogP contribution in [0.25, 0.3) is 0 Å². The van der Waals surface area contributed by atoms with Crippen molar-refractivity contribution in [3.63, 3.8) is 0 Å². The third kappa shape index (κ3) is 7.89. The highest BCUT2D eigenvalue weighted by Crippen LogP contribution is 2.26. The zero-order chi connectivity index (χ0) is 14.6. The molecule has 0 aliphatic heterocycles. The monoisotopic (exact) mass is 278 g/mol. The molecular weight excluding hydrogens is 252 g/mol. The molecule has 1 aromatic rings. The van der Waals surface area contributed by atoms with E-state index in [1.165, 1.54) is 32.1 Å². The lowest BCUT2D eigenvalue weighted by atomic mass is 9.84. The molecule has 4 nitrogen and oxygen atoms in total. The second kappa shape index (κ2) is 10.4. The lowest BCUT2D eigenvalue weighted by Crippen LogP contribution is -2.36. The van der Waals surface area contributed by atoms with Gasteiger partial charge in [-0.25, -0.2) is 0 Å². The van der Waals surface area contributed by atoms with Crippen LogP contribution in [0.2, 0.25) is 0 Å². The van der Waals surface area contributed by atoms with Crippen molar-refractivity contribution >= 4 is 0 Å². The van der Waals surface area contributed by atoms with E-state index in [1.54, 1.807) is 0 Å². The average molecular weight is 278 g/mol. The van der Waals surface area contributed by atoms with Crippen molar-refractivity contribution in [3.8, 4) is 0 Å². The number of benzene rings is 1. The van der Waals surface area contributed by atoms with E-state index < -0.39 is 0 Å². The van der Waals surface area contributed by atoms with Crippen LogP contribution in [0, 0.1) is 16.0 Å². The summed E-state index contributed by atoms with van der Waals surface area (Å²) < 4.78 is 0. The quantitative estimate of drug-likeness (QED) is 0.662. The first kappa shape index (κ1) is 16.6. The fourth-order valence-electron chi connectivity index (χ4n) is 2.59. The summed E-state index contributed by atoms with van der Waals surface area (Å²) in [6, 6.07) is 12.5. The van der Waals surface area contributed by atoms with E-state index in [2.05, 4.69) is 12.2 Å². The molecule has 20 heavy (non-hydrogen) atoms. The molecule has 2 unspecified atom stereocenters. The van der Waals surface area contributed by atoms with Gasteiger partial charge in [-0.2, -0.15) is 0 Å². The van der Waals surface area contributed by atoms with Gasteiger partial charge in [0.1, 0.15) is 0 Å². The molecular formula is C16H26N2O2. The maximum absolute atomic E-state index is 10.1. The second-order valence-corrected chi connectivity index (χ2v) is 5.30. The number of nitro groups is 1. The van der Waals surface area contributed by atoms with Crippen molar-refractivity contribution in [2.24, 2.45) is 5.92 Å². The van der Waals surface area contributed by atoms with E-state index in [4.69, 9.17) is 0 Å². The van der Waals surface area contributed by atoms with Gasteiger partial charge in [0.15, 0.2) is 0 Å². The van der Waals surface area contributed by atoms with Gasteiger partial charge in [0.05, 0.1) is 6.54 Å². The van der Waals surface area contributed by atoms with Crippen molar-refractivity contribution in [2.45, 2.75) is 45.1 Å². The number of nitrogens with one attached hydrogen (secondary N) is 1. The lowest BCUT2D eigenvalue weighted by molar-refractivity contribution is -0.478. The van der Waals surface area contributed by atoms with Crippen LogP contribution >= 0.6 is 0 Å². The molecule has 1 aliphatic carbocycles. The number of nitrogens with zero attached hydrogens (tertiary/aromatic N) is 1. The molecule has 1 N–H and O–H groups in total. The highest BCUT2D eigenvalue weighted by molar-refractivity contribution is 4.99. The topological polar surface area (TPSA) is 55.2 Å². The highest BCUT2D eigenvalue weighted by Gasteiger charge is 2.20. The van der Waals surface area contributed by atoms with Crippen molar-refractivity contribution in [1.29, 1.82) is 0 Å². The van der Waals surface area contributed by atoms with Crippen LogP contribution in [0.5, 0.6) is 0 Å². The smallest absolute Gasteiger partial charge is 0.216 e. The third-order valence-corrected chi connectivity index (χ3v) is 3.75. The number of rotatable bonds is 5. The maximum atomic E-state index is 10.1. The van der Waals surface area contributed by atoms with Crippen LogP contribution in [0.15, 0.2) is 36.4 Å². The number of hydrogen-bond acceptors (Lipinski definition) is 3. The normalized spacial score (nSPS) is 21.6. The summed E-state index contributed by atoms with van der Waals surface area (Å²) in [6.45, 7) is 2.80. The highest BCUT2D eigenvalue weighted by atomic mass is 16.6. The van der Waals surface area contributed by atoms with Gasteiger partial charge in [-0.15, -0.1) is 0 Å². The van der Waals surface area contributed by atoms with Crippen LogP contribution in [-0.2, 0) is 0 Å². The van der Waals surface area contributed by atoms with Gasteiger partial charge in [-0.1, -0.05) is 62.6 Å². The van der Waals surface area contributed by atoms with Gasteiger partial charge < -0.3 is 5.32 Å². The minimum atomic E-state index is -0.257. The van der Waals surface area contributed by atoms with E-state index in [9.17, 15) is 10.1 Å². The first-order valence-electron chi connectivity index (χ1n) is 7.57. The van der Waals surface area contributed by atoms with Gasteiger partial charge in [0, 0.05) is 11.0 Å². The summed E-state index contributed by atoms with van der Waals surface area (Å²) in [5, 5.41) is 13.4. The van der Waals surface area contributed by atoms with Crippen molar-refractivity contribution in [3.05, 3.63) is 46.5 Å². The minimum absolute atomic E-state index is 0.0489. The van der Waals surface area contributed by atoms with Gasteiger partial charge in [-0.3, -0.25) is 10.1 Å². The van der Waals surface area contributed by atoms with Crippen LogP contribution in [-0.4, -0.2) is 24.1 Å². The van der Waals surface area contributed by atoms with E-state index in [0.29, 0.717) is 12.6 Å².